The first-order valence-corrected chi connectivity index (χ1v) is 6.56. The highest BCUT2D eigenvalue weighted by molar-refractivity contribution is 5.84. The second-order valence-electron chi connectivity index (χ2n) is 4.70. The molecule has 1 saturated heterocycles. The van der Waals surface area contributed by atoms with E-state index in [2.05, 4.69) is 10.6 Å². The number of hydrogen-bond acceptors (Lipinski definition) is 4. The predicted octanol–water partition coefficient (Wildman–Crippen LogP) is 1.20. The molecule has 1 aromatic heterocycles. The van der Waals surface area contributed by atoms with Crippen molar-refractivity contribution in [1.82, 2.24) is 10.6 Å². The van der Waals surface area contributed by atoms with Crippen molar-refractivity contribution in [3.05, 3.63) is 23.7 Å². The van der Waals surface area contributed by atoms with Gasteiger partial charge in [-0.3, -0.25) is 0 Å². The van der Waals surface area contributed by atoms with Gasteiger partial charge in [0.15, 0.2) is 0 Å². The number of aromatic carboxylic acids is 1. The Balaban J connectivity index is 1.62. The molecule has 2 rings (SSSR count). The van der Waals surface area contributed by atoms with Gasteiger partial charge in [0.2, 0.25) is 5.76 Å². The van der Waals surface area contributed by atoms with Crippen LogP contribution >= 0.6 is 0 Å². The predicted molar refractivity (Wildman–Crippen MR) is 69.4 cm³/mol. The molecule has 0 aromatic carbocycles. The zero-order valence-electron chi connectivity index (χ0n) is 11.1. The minimum Gasteiger partial charge on any atom is -0.475 e. The molecule has 2 amide bonds. The molecule has 2 heterocycles. The van der Waals surface area contributed by atoms with Crippen molar-refractivity contribution in [3.8, 4) is 0 Å². The number of carboxylic acids is 1. The Bertz CT molecular complexity index is 465. The number of rotatable bonds is 6. The van der Waals surface area contributed by atoms with Gasteiger partial charge in [0, 0.05) is 19.8 Å². The smallest absolute Gasteiger partial charge is 0.371 e. The Labute approximate surface area is 116 Å². The Morgan fingerprint density at radius 1 is 1.35 bits per heavy atom. The van der Waals surface area contributed by atoms with Gasteiger partial charge >= 0.3 is 12.0 Å². The van der Waals surface area contributed by atoms with Crippen molar-refractivity contribution in [2.24, 2.45) is 5.92 Å². The van der Waals surface area contributed by atoms with Crippen molar-refractivity contribution < 1.29 is 23.8 Å². The average molecular weight is 282 g/mol. The molecule has 0 bridgehead atoms. The third-order valence-corrected chi connectivity index (χ3v) is 3.16. The maximum atomic E-state index is 11.5. The summed E-state index contributed by atoms with van der Waals surface area (Å²) < 4.78 is 10.3. The lowest BCUT2D eigenvalue weighted by Gasteiger charge is -2.09. The van der Waals surface area contributed by atoms with Gasteiger partial charge in [-0.25, -0.2) is 9.59 Å². The largest absolute Gasteiger partial charge is 0.475 e. The number of carbonyl (C=O) groups excluding carboxylic acids is 1. The number of nitrogens with one attached hydrogen (secondary N) is 2. The van der Waals surface area contributed by atoms with Crippen molar-refractivity contribution in [2.45, 2.75) is 19.4 Å². The first-order chi connectivity index (χ1) is 9.65. The van der Waals surface area contributed by atoms with Crippen molar-refractivity contribution in [3.63, 3.8) is 0 Å². The van der Waals surface area contributed by atoms with Gasteiger partial charge < -0.3 is 24.9 Å². The minimum atomic E-state index is -1.13. The van der Waals surface area contributed by atoms with E-state index in [1.807, 2.05) is 0 Å². The molecule has 1 aliphatic rings. The van der Waals surface area contributed by atoms with Gasteiger partial charge in [0.05, 0.1) is 6.54 Å². The molecule has 0 spiro atoms. The molecule has 0 saturated carbocycles. The van der Waals surface area contributed by atoms with Gasteiger partial charge in [-0.15, -0.1) is 0 Å². The topological polar surface area (TPSA) is 101 Å². The number of carbonyl (C=O) groups is 2. The summed E-state index contributed by atoms with van der Waals surface area (Å²) in [6.07, 6.45) is 1.95. The summed E-state index contributed by atoms with van der Waals surface area (Å²) in [7, 11) is 0. The summed E-state index contributed by atoms with van der Waals surface area (Å²) in [5, 5.41) is 14.0. The van der Waals surface area contributed by atoms with Crippen LogP contribution < -0.4 is 10.6 Å². The van der Waals surface area contributed by atoms with E-state index in [1.54, 1.807) is 0 Å². The summed E-state index contributed by atoms with van der Waals surface area (Å²) in [5.41, 5.74) is 0. The molecule has 110 valence electrons. The number of urea groups is 1. The third kappa shape index (κ3) is 4.27. The number of amides is 2. The van der Waals surface area contributed by atoms with Gasteiger partial charge in [-0.05, 0) is 30.9 Å². The van der Waals surface area contributed by atoms with Crippen LogP contribution in [-0.2, 0) is 11.3 Å². The van der Waals surface area contributed by atoms with E-state index < -0.39 is 5.97 Å². The monoisotopic (exact) mass is 282 g/mol. The average Bonchev–Trinajstić information content (AvgIpc) is 3.07. The van der Waals surface area contributed by atoms with Gasteiger partial charge in [0.25, 0.3) is 0 Å². The first-order valence-electron chi connectivity index (χ1n) is 6.56. The third-order valence-electron chi connectivity index (χ3n) is 3.16. The molecular formula is C13H18N2O5. The molecule has 1 aromatic rings. The van der Waals surface area contributed by atoms with Crippen LogP contribution in [0.5, 0.6) is 0 Å². The van der Waals surface area contributed by atoms with E-state index in [9.17, 15) is 9.59 Å². The second-order valence-corrected chi connectivity index (χ2v) is 4.70. The fraction of sp³-hybridized carbons (Fsp3) is 0.538. The van der Waals surface area contributed by atoms with E-state index in [0.29, 0.717) is 18.2 Å². The van der Waals surface area contributed by atoms with Gasteiger partial charge in [-0.1, -0.05) is 0 Å². The lowest BCUT2D eigenvalue weighted by Crippen LogP contribution is -2.36. The lowest BCUT2D eigenvalue weighted by molar-refractivity contribution is 0.0660. The SMILES string of the molecule is O=C(NCCC1CCOC1)NCc1ccc(C(=O)O)o1. The summed E-state index contributed by atoms with van der Waals surface area (Å²) in [6, 6.07) is 2.59. The second kappa shape index (κ2) is 6.95. The molecule has 1 unspecified atom stereocenters. The summed E-state index contributed by atoms with van der Waals surface area (Å²) in [4.78, 5) is 22.1. The summed E-state index contributed by atoms with van der Waals surface area (Å²) in [6.45, 7) is 2.33. The highest BCUT2D eigenvalue weighted by atomic mass is 16.5. The minimum absolute atomic E-state index is 0.136. The van der Waals surface area contributed by atoms with E-state index in [1.165, 1.54) is 12.1 Å². The highest BCUT2D eigenvalue weighted by Gasteiger charge is 2.15. The fourth-order valence-electron chi connectivity index (χ4n) is 2.02. The molecule has 3 N–H and O–H groups in total. The van der Waals surface area contributed by atoms with Crippen LogP contribution in [0.3, 0.4) is 0 Å². The van der Waals surface area contributed by atoms with E-state index >= 15 is 0 Å². The van der Waals surface area contributed by atoms with Gasteiger partial charge in [0.1, 0.15) is 5.76 Å². The van der Waals surface area contributed by atoms with Crippen LogP contribution in [0.1, 0.15) is 29.2 Å². The Hall–Kier alpha value is -2.02. The summed E-state index contributed by atoms with van der Waals surface area (Å²) in [5.74, 6) is -0.330. The van der Waals surface area contributed by atoms with Crippen LogP contribution in [0.15, 0.2) is 16.5 Å². The zero-order valence-corrected chi connectivity index (χ0v) is 11.1. The van der Waals surface area contributed by atoms with Crippen LogP contribution in [0.2, 0.25) is 0 Å². The summed E-state index contributed by atoms with van der Waals surface area (Å²) >= 11 is 0. The quantitative estimate of drug-likeness (QED) is 0.728. The van der Waals surface area contributed by atoms with Gasteiger partial charge in [-0.2, -0.15) is 0 Å². The number of carboxylic acid groups (broad SMARTS) is 1. The van der Waals surface area contributed by atoms with Crippen molar-refractivity contribution >= 4 is 12.0 Å². The Morgan fingerprint density at radius 3 is 2.85 bits per heavy atom. The standard InChI is InChI=1S/C13H18N2O5/c16-12(17)11-2-1-10(20-11)7-15-13(18)14-5-3-9-4-6-19-8-9/h1-2,9H,3-8H2,(H,16,17)(H2,14,15,18). The van der Waals surface area contributed by atoms with E-state index in [-0.39, 0.29) is 18.3 Å². The molecule has 1 aliphatic heterocycles. The number of ether oxygens (including phenoxy) is 1. The van der Waals surface area contributed by atoms with Crippen LogP contribution in [-0.4, -0.2) is 36.9 Å². The maximum absolute atomic E-state index is 11.5. The van der Waals surface area contributed by atoms with Crippen LogP contribution in [0, 0.1) is 5.92 Å². The Kier molecular flexibility index (Phi) is 5.00. The lowest BCUT2D eigenvalue weighted by atomic mass is 10.1. The Morgan fingerprint density at radius 2 is 2.20 bits per heavy atom. The highest BCUT2D eigenvalue weighted by Crippen LogP contribution is 2.15. The number of hydrogen-bond donors (Lipinski definition) is 3. The first kappa shape index (κ1) is 14.4. The van der Waals surface area contributed by atoms with E-state index in [0.717, 1.165) is 26.1 Å². The van der Waals surface area contributed by atoms with Crippen molar-refractivity contribution in [2.75, 3.05) is 19.8 Å². The molecule has 7 heteroatoms. The van der Waals surface area contributed by atoms with E-state index in [4.69, 9.17) is 14.3 Å². The van der Waals surface area contributed by atoms with Crippen LogP contribution in [0.4, 0.5) is 4.79 Å². The maximum Gasteiger partial charge on any atom is 0.371 e. The molecule has 0 aliphatic carbocycles. The van der Waals surface area contributed by atoms with Crippen LogP contribution in [0.25, 0.3) is 0 Å². The van der Waals surface area contributed by atoms with Crippen molar-refractivity contribution in [1.29, 1.82) is 0 Å². The fourth-order valence-corrected chi connectivity index (χ4v) is 2.02. The molecule has 20 heavy (non-hydrogen) atoms. The zero-order chi connectivity index (χ0) is 14.4. The molecule has 7 nitrogen and oxygen atoms in total. The normalized spacial score (nSPS) is 17.9. The molecule has 0 radical (unpaired) electrons. The molecular weight excluding hydrogens is 264 g/mol. The molecule has 1 atom stereocenters. The number of furan rings is 1. The molecule has 1 fully saturated rings.